The van der Waals surface area contributed by atoms with E-state index in [4.69, 9.17) is 5.26 Å². The molecular weight excluding hydrogens is 537 g/mol. The van der Waals surface area contributed by atoms with E-state index in [0.717, 1.165) is 79.1 Å². The van der Waals surface area contributed by atoms with E-state index < -0.39 is 0 Å². The fraction of sp³-hybridized carbons (Fsp3) is 0.378. The Labute approximate surface area is 253 Å². The number of nitriles is 1. The summed E-state index contributed by atoms with van der Waals surface area (Å²) >= 11 is 0. The van der Waals surface area contributed by atoms with Crippen molar-refractivity contribution in [2.45, 2.75) is 58.3 Å². The lowest BCUT2D eigenvalue weighted by atomic mass is 9.91. The smallest absolute Gasteiger partial charge is 0.251 e. The van der Waals surface area contributed by atoms with Gasteiger partial charge in [-0.05, 0) is 91.0 Å². The molecule has 0 saturated heterocycles. The minimum absolute atomic E-state index is 0.132. The minimum Gasteiger partial charge on any atom is -0.376 e. The molecule has 3 aromatic carbocycles. The SMILES string of the molecule is Cc1c(C(=O)NCCC#N)ccc2c1=CN(CC1CCCC(CC(=O)c3ccc(-c4ccc(F)cc4)cc3)CC1)CCC=2. The van der Waals surface area contributed by atoms with E-state index in [1.165, 1.54) is 17.4 Å². The number of benzene rings is 3. The fourth-order valence-electron chi connectivity index (χ4n) is 6.49. The summed E-state index contributed by atoms with van der Waals surface area (Å²) in [5.74, 6) is 0.790. The molecule has 2 unspecified atom stereocenters. The van der Waals surface area contributed by atoms with E-state index in [1.54, 1.807) is 12.1 Å². The Morgan fingerprint density at radius 3 is 2.40 bits per heavy atom. The van der Waals surface area contributed by atoms with Gasteiger partial charge in [-0.2, -0.15) is 5.26 Å². The predicted octanol–water partition coefficient (Wildman–Crippen LogP) is 6.14. The number of carbonyl (C=O) groups excluding carboxylic acids is 2. The van der Waals surface area contributed by atoms with E-state index in [-0.39, 0.29) is 17.5 Å². The Kier molecular flexibility index (Phi) is 10.0. The molecule has 222 valence electrons. The first-order valence-electron chi connectivity index (χ1n) is 15.5. The van der Waals surface area contributed by atoms with Gasteiger partial charge in [0.05, 0.1) is 12.5 Å². The molecule has 1 aliphatic heterocycles. The summed E-state index contributed by atoms with van der Waals surface area (Å²) in [7, 11) is 0. The number of fused-ring (bicyclic) bond motifs is 1. The van der Waals surface area contributed by atoms with Crippen molar-refractivity contribution >= 4 is 24.0 Å². The third-order valence-corrected chi connectivity index (χ3v) is 8.97. The van der Waals surface area contributed by atoms with Crippen LogP contribution < -0.4 is 15.8 Å². The van der Waals surface area contributed by atoms with Crippen LogP contribution in [-0.4, -0.2) is 36.2 Å². The van der Waals surface area contributed by atoms with Gasteiger partial charge in [0, 0.05) is 48.6 Å². The molecule has 1 aliphatic carbocycles. The molecule has 1 fully saturated rings. The lowest BCUT2D eigenvalue weighted by Gasteiger charge is -2.25. The Balaban J connectivity index is 1.18. The van der Waals surface area contributed by atoms with E-state index in [2.05, 4.69) is 28.6 Å². The Morgan fingerprint density at radius 2 is 1.65 bits per heavy atom. The first kappa shape index (κ1) is 30.2. The van der Waals surface area contributed by atoms with Gasteiger partial charge in [0.25, 0.3) is 5.91 Å². The fourth-order valence-corrected chi connectivity index (χ4v) is 6.49. The second-order valence-electron chi connectivity index (χ2n) is 12.0. The van der Waals surface area contributed by atoms with Gasteiger partial charge >= 0.3 is 0 Å². The van der Waals surface area contributed by atoms with E-state index in [0.29, 0.717) is 36.8 Å². The van der Waals surface area contributed by atoms with Crippen LogP contribution in [0.2, 0.25) is 0 Å². The number of ketones is 1. The van der Waals surface area contributed by atoms with Crippen molar-refractivity contribution in [2.24, 2.45) is 11.8 Å². The first-order valence-corrected chi connectivity index (χ1v) is 15.5. The van der Waals surface area contributed by atoms with Gasteiger partial charge < -0.3 is 10.2 Å². The number of carbonyl (C=O) groups is 2. The van der Waals surface area contributed by atoms with Gasteiger partial charge in [0.2, 0.25) is 0 Å². The van der Waals surface area contributed by atoms with Crippen LogP contribution in [0.25, 0.3) is 23.4 Å². The zero-order chi connectivity index (χ0) is 30.2. The summed E-state index contributed by atoms with van der Waals surface area (Å²) in [6.07, 6.45) is 11.9. The molecule has 5 rings (SSSR count). The van der Waals surface area contributed by atoms with Crippen LogP contribution in [0.15, 0.2) is 60.7 Å². The summed E-state index contributed by atoms with van der Waals surface area (Å²) in [5.41, 5.74) is 4.29. The number of halogens is 1. The monoisotopic (exact) mass is 577 g/mol. The number of nitrogens with one attached hydrogen (secondary N) is 1. The van der Waals surface area contributed by atoms with Crippen molar-refractivity contribution in [3.63, 3.8) is 0 Å². The maximum absolute atomic E-state index is 13.3. The molecule has 0 spiro atoms. The molecule has 6 heteroatoms. The maximum Gasteiger partial charge on any atom is 0.251 e. The molecule has 1 N–H and O–H groups in total. The molecule has 1 amide bonds. The van der Waals surface area contributed by atoms with E-state index in [1.807, 2.05) is 43.3 Å². The van der Waals surface area contributed by atoms with Crippen LogP contribution >= 0.6 is 0 Å². The third kappa shape index (κ3) is 7.78. The average Bonchev–Trinajstić information content (AvgIpc) is 3.36. The van der Waals surface area contributed by atoms with Crippen LogP contribution in [0.5, 0.6) is 0 Å². The highest BCUT2D eigenvalue weighted by Crippen LogP contribution is 2.31. The van der Waals surface area contributed by atoms with Gasteiger partial charge in [0.1, 0.15) is 5.82 Å². The number of amides is 1. The van der Waals surface area contributed by atoms with Crippen LogP contribution in [0.1, 0.15) is 77.6 Å². The molecule has 3 aromatic rings. The quantitative estimate of drug-likeness (QED) is 0.188. The van der Waals surface area contributed by atoms with Crippen molar-refractivity contribution in [3.8, 4) is 17.2 Å². The number of nitrogens with zero attached hydrogens (tertiary/aromatic N) is 2. The van der Waals surface area contributed by atoms with Gasteiger partial charge in [0.15, 0.2) is 5.78 Å². The summed E-state index contributed by atoms with van der Waals surface area (Å²) in [5, 5.41) is 13.9. The third-order valence-electron chi connectivity index (χ3n) is 8.97. The zero-order valence-corrected chi connectivity index (χ0v) is 24.9. The normalized spacial score (nSPS) is 18.2. The number of hydrogen-bond acceptors (Lipinski definition) is 4. The molecule has 2 atom stereocenters. The standard InChI is InChI=1S/C37H40FN3O2/c1-26-34(37(43)40-21-4-20-39)19-16-31-7-3-22-41(25-35(26)31)24-28-6-2-5-27(8-9-28)23-36(42)32-12-10-29(11-13-32)30-14-17-33(38)18-15-30/h7,10-19,25,27-28H,2-6,8-9,21-24H2,1H3,(H,40,43). The van der Waals surface area contributed by atoms with Gasteiger partial charge in [-0.25, -0.2) is 4.39 Å². The lowest BCUT2D eigenvalue weighted by molar-refractivity contribution is 0.0947. The molecule has 1 saturated carbocycles. The molecule has 0 aromatic heterocycles. The maximum atomic E-state index is 13.3. The molecule has 43 heavy (non-hydrogen) atoms. The lowest BCUT2D eigenvalue weighted by Crippen LogP contribution is -2.35. The highest BCUT2D eigenvalue weighted by molar-refractivity contribution is 5.97. The van der Waals surface area contributed by atoms with Crippen LogP contribution in [-0.2, 0) is 0 Å². The van der Waals surface area contributed by atoms with Crippen molar-refractivity contribution in [1.82, 2.24) is 10.2 Å². The summed E-state index contributed by atoms with van der Waals surface area (Å²) in [6.45, 7) is 4.29. The summed E-state index contributed by atoms with van der Waals surface area (Å²) in [4.78, 5) is 28.3. The highest BCUT2D eigenvalue weighted by atomic mass is 19.1. The van der Waals surface area contributed by atoms with Crippen molar-refractivity contribution in [1.29, 1.82) is 5.26 Å². The number of Topliss-reactive ketones (excluding diaryl/α,β-unsaturated/α-hetero) is 1. The zero-order valence-electron chi connectivity index (χ0n) is 24.9. The Bertz CT molecular complexity index is 1610. The number of rotatable bonds is 9. The number of hydrogen-bond donors (Lipinski definition) is 1. The second-order valence-corrected chi connectivity index (χ2v) is 12.0. The van der Waals surface area contributed by atoms with Crippen LogP contribution in [0.3, 0.4) is 0 Å². The molecule has 0 bridgehead atoms. The average molecular weight is 578 g/mol. The van der Waals surface area contributed by atoms with Crippen molar-refractivity contribution in [2.75, 3.05) is 19.6 Å². The Hall–Kier alpha value is -4.24. The summed E-state index contributed by atoms with van der Waals surface area (Å²) < 4.78 is 13.3. The molecule has 0 radical (unpaired) electrons. The van der Waals surface area contributed by atoms with E-state index >= 15 is 0 Å². The predicted molar refractivity (Wildman–Crippen MR) is 169 cm³/mol. The summed E-state index contributed by atoms with van der Waals surface area (Å²) in [6, 6.07) is 20.1. The van der Waals surface area contributed by atoms with Crippen LogP contribution in [0.4, 0.5) is 4.39 Å². The van der Waals surface area contributed by atoms with E-state index in [9.17, 15) is 14.0 Å². The topological polar surface area (TPSA) is 73.2 Å². The van der Waals surface area contributed by atoms with Crippen LogP contribution in [0, 0.1) is 35.9 Å². The van der Waals surface area contributed by atoms with Crippen molar-refractivity contribution in [3.05, 3.63) is 93.6 Å². The molecule has 5 nitrogen and oxygen atoms in total. The largest absolute Gasteiger partial charge is 0.376 e. The molecular formula is C37H40FN3O2. The molecule has 2 aliphatic rings. The van der Waals surface area contributed by atoms with Gasteiger partial charge in [-0.1, -0.05) is 55.0 Å². The second kappa shape index (κ2) is 14.3. The minimum atomic E-state index is -0.255. The highest BCUT2D eigenvalue weighted by Gasteiger charge is 2.23. The van der Waals surface area contributed by atoms with Gasteiger partial charge in [-0.15, -0.1) is 0 Å². The molecule has 1 heterocycles. The first-order chi connectivity index (χ1) is 20.9. The Morgan fingerprint density at radius 1 is 0.953 bits per heavy atom. The van der Waals surface area contributed by atoms with Crippen molar-refractivity contribution < 1.29 is 14.0 Å². The van der Waals surface area contributed by atoms with Gasteiger partial charge in [-0.3, -0.25) is 9.59 Å².